The van der Waals surface area contributed by atoms with E-state index >= 15 is 0 Å². The van der Waals surface area contributed by atoms with Crippen LogP contribution in [0.25, 0.3) is 0 Å². The van der Waals surface area contributed by atoms with Crippen LogP contribution < -0.4 is 11.3 Å². The third kappa shape index (κ3) is 3.05. The Morgan fingerprint density at radius 2 is 2.35 bits per heavy atom. The molecule has 2 aromatic heterocycles. The van der Waals surface area contributed by atoms with E-state index in [1.54, 1.807) is 23.6 Å². The Hall–Kier alpha value is -0.460. The van der Waals surface area contributed by atoms with Crippen LogP contribution >= 0.6 is 38.9 Å². The van der Waals surface area contributed by atoms with Crippen LogP contribution in [0.5, 0.6) is 0 Å². The number of nitrogens with zero attached hydrogens (tertiary/aromatic N) is 1. The van der Waals surface area contributed by atoms with Gasteiger partial charge in [0.05, 0.1) is 16.8 Å². The second-order valence-electron chi connectivity index (χ2n) is 3.49. The van der Waals surface area contributed by atoms with Gasteiger partial charge >= 0.3 is 0 Å². The van der Waals surface area contributed by atoms with Crippen LogP contribution in [-0.4, -0.2) is 4.98 Å². The van der Waals surface area contributed by atoms with E-state index in [0.717, 1.165) is 16.6 Å². The second kappa shape index (κ2) is 5.93. The van der Waals surface area contributed by atoms with Crippen molar-refractivity contribution >= 4 is 38.9 Å². The molecule has 3 N–H and O–H groups in total. The SMILES string of the molecule is NNC(Cc1sccc1Br)c1ncccc1Cl. The number of halogens is 2. The first-order valence-corrected chi connectivity index (χ1v) is 7.06. The molecular formula is C11H11BrClN3S. The van der Waals surface area contributed by atoms with Crippen molar-refractivity contribution in [3.05, 3.63) is 49.8 Å². The minimum Gasteiger partial charge on any atom is -0.271 e. The summed E-state index contributed by atoms with van der Waals surface area (Å²) in [5.74, 6) is 5.58. The molecule has 0 saturated heterocycles. The predicted molar refractivity (Wildman–Crippen MR) is 75.0 cm³/mol. The van der Waals surface area contributed by atoms with E-state index in [9.17, 15) is 0 Å². The lowest BCUT2D eigenvalue weighted by molar-refractivity contribution is 0.541. The van der Waals surface area contributed by atoms with Gasteiger partial charge in [0.15, 0.2) is 0 Å². The van der Waals surface area contributed by atoms with Crippen LogP contribution in [0.15, 0.2) is 34.2 Å². The van der Waals surface area contributed by atoms with Crippen molar-refractivity contribution in [3.8, 4) is 0 Å². The van der Waals surface area contributed by atoms with Gasteiger partial charge in [0.2, 0.25) is 0 Å². The molecule has 90 valence electrons. The van der Waals surface area contributed by atoms with Crippen molar-refractivity contribution in [2.75, 3.05) is 0 Å². The van der Waals surface area contributed by atoms with Crippen LogP contribution in [0, 0.1) is 0 Å². The highest BCUT2D eigenvalue weighted by Gasteiger charge is 2.17. The van der Waals surface area contributed by atoms with Crippen molar-refractivity contribution in [1.82, 2.24) is 10.4 Å². The molecule has 0 saturated carbocycles. The van der Waals surface area contributed by atoms with Gasteiger partial charge in [-0.3, -0.25) is 16.3 Å². The number of rotatable bonds is 4. The van der Waals surface area contributed by atoms with Crippen molar-refractivity contribution in [2.45, 2.75) is 12.5 Å². The van der Waals surface area contributed by atoms with E-state index in [0.29, 0.717) is 5.02 Å². The molecule has 6 heteroatoms. The maximum absolute atomic E-state index is 6.11. The fourth-order valence-corrected chi connectivity index (χ4v) is 3.36. The maximum Gasteiger partial charge on any atom is 0.0776 e. The number of nitrogens with two attached hydrogens (primary N) is 1. The summed E-state index contributed by atoms with van der Waals surface area (Å²) in [6.07, 6.45) is 2.47. The topological polar surface area (TPSA) is 50.9 Å². The Bertz CT molecular complexity index is 503. The number of pyridine rings is 1. The minimum atomic E-state index is -0.0846. The zero-order valence-electron chi connectivity index (χ0n) is 8.86. The fraction of sp³-hybridized carbons (Fsp3) is 0.182. The molecule has 0 aliphatic heterocycles. The fourth-order valence-electron chi connectivity index (χ4n) is 1.54. The number of nitrogens with one attached hydrogen (secondary N) is 1. The summed E-state index contributed by atoms with van der Waals surface area (Å²) in [6, 6.07) is 5.56. The van der Waals surface area contributed by atoms with E-state index in [2.05, 4.69) is 26.3 Å². The van der Waals surface area contributed by atoms with Crippen LogP contribution in [-0.2, 0) is 6.42 Å². The summed E-state index contributed by atoms with van der Waals surface area (Å²) in [4.78, 5) is 5.49. The van der Waals surface area contributed by atoms with Gasteiger partial charge < -0.3 is 0 Å². The molecule has 2 rings (SSSR count). The minimum absolute atomic E-state index is 0.0846. The van der Waals surface area contributed by atoms with Gasteiger partial charge in [0.1, 0.15) is 0 Å². The maximum atomic E-state index is 6.11. The first-order chi connectivity index (χ1) is 8.22. The quantitative estimate of drug-likeness (QED) is 0.667. The summed E-state index contributed by atoms with van der Waals surface area (Å²) in [5, 5.41) is 2.66. The molecular weight excluding hydrogens is 322 g/mol. The summed E-state index contributed by atoms with van der Waals surface area (Å²) in [6.45, 7) is 0. The number of hydrazine groups is 1. The molecule has 2 aromatic rings. The van der Waals surface area contributed by atoms with Crippen molar-refractivity contribution in [2.24, 2.45) is 5.84 Å². The lowest BCUT2D eigenvalue weighted by atomic mass is 10.1. The lowest BCUT2D eigenvalue weighted by Gasteiger charge is -2.15. The zero-order valence-corrected chi connectivity index (χ0v) is 12.0. The molecule has 3 nitrogen and oxygen atoms in total. The second-order valence-corrected chi connectivity index (χ2v) is 5.75. The molecule has 0 bridgehead atoms. The first kappa shape index (κ1) is 13.0. The molecule has 0 aliphatic rings. The molecule has 17 heavy (non-hydrogen) atoms. The van der Waals surface area contributed by atoms with Gasteiger partial charge in [-0.25, -0.2) is 0 Å². The van der Waals surface area contributed by atoms with Crippen LogP contribution in [0.2, 0.25) is 5.02 Å². The number of thiophene rings is 1. The van der Waals surface area contributed by atoms with Crippen molar-refractivity contribution in [3.63, 3.8) is 0 Å². The van der Waals surface area contributed by atoms with E-state index in [1.807, 2.05) is 17.5 Å². The highest BCUT2D eigenvalue weighted by Crippen LogP contribution is 2.29. The summed E-state index contributed by atoms with van der Waals surface area (Å²) in [5.41, 5.74) is 3.54. The molecule has 0 amide bonds. The third-order valence-corrected chi connectivity index (χ3v) is 4.67. The average molecular weight is 333 g/mol. The molecule has 0 spiro atoms. The van der Waals surface area contributed by atoms with Gasteiger partial charge in [0.25, 0.3) is 0 Å². The van der Waals surface area contributed by atoms with Gasteiger partial charge in [0, 0.05) is 22.0 Å². The van der Waals surface area contributed by atoms with E-state index in [-0.39, 0.29) is 6.04 Å². The Balaban J connectivity index is 2.23. The highest BCUT2D eigenvalue weighted by atomic mass is 79.9. The third-order valence-electron chi connectivity index (χ3n) is 2.40. The number of hydrogen-bond acceptors (Lipinski definition) is 4. The zero-order chi connectivity index (χ0) is 12.3. The Labute approximate surface area is 117 Å². The van der Waals surface area contributed by atoms with Crippen LogP contribution in [0.1, 0.15) is 16.6 Å². The number of aromatic nitrogens is 1. The van der Waals surface area contributed by atoms with Gasteiger partial charge in [-0.15, -0.1) is 11.3 Å². The van der Waals surface area contributed by atoms with Crippen LogP contribution in [0.4, 0.5) is 0 Å². The molecule has 1 atom stereocenters. The van der Waals surface area contributed by atoms with E-state index in [4.69, 9.17) is 17.4 Å². The van der Waals surface area contributed by atoms with Gasteiger partial charge in [-0.1, -0.05) is 11.6 Å². The molecule has 2 heterocycles. The predicted octanol–water partition coefficient (Wildman–Crippen LogP) is 3.31. The van der Waals surface area contributed by atoms with Crippen LogP contribution in [0.3, 0.4) is 0 Å². The lowest BCUT2D eigenvalue weighted by Crippen LogP contribution is -2.30. The van der Waals surface area contributed by atoms with Gasteiger partial charge in [-0.2, -0.15) is 0 Å². The first-order valence-electron chi connectivity index (χ1n) is 5.00. The van der Waals surface area contributed by atoms with Crippen molar-refractivity contribution in [1.29, 1.82) is 0 Å². The standard InChI is InChI=1S/C11H11BrClN3S/c12-7-3-5-17-10(7)6-9(16-14)11-8(13)2-1-4-15-11/h1-5,9,16H,6,14H2. The molecule has 0 fully saturated rings. The van der Waals surface area contributed by atoms with Crippen molar-refractivity contribution < 1.29 is 0 Å². The van der Waals surface area contributed by atoms with Gasteiger partial charge in [-0.05, 0) is 39.5 Å². The largest absolute Gasteiger partial charge is 0.271 e. The van der Waals surface area contributed by atoms with E-state index < -0.39 is 0 Å². The molecule has 0 aliphatic carbocycles. The Morgan fingerprint density at radius 1 is 1.53 bits per heavy atom. The normalized spacial score (nSPS) is 12.6. The Kier molecular flexibility index (Phi) is 4.53. The monoisotopic (exact) mass is 331 g/mol. The molecule has 1 unspecified atom stereocenters. The summed E-state index contributed by atoms with van der Waals surface area (Å²) in [7, 11) is 0. The summed E-state index contributed by atoms with van der Waals surface area (Å²) < 4.78 is 1.09. The Morgan fingerprint density at radius 3 is 2.94 bits per heavy atom. The summed E-state index contributed by atoms with van der Waals surface area (Å²) >= 11 is 11.3. The molecule has 0 radical (unpaired) electrons. The van der Waals surface area contributed by atoms with E-state index in [1.165, 1.54) is 4.88 Å². The number of hydrogen-bond donors (Lipinski definition) is 2. The average Bonchev–Trinajstić information content (AvgIpc) is 2.73. The smallest absolute Gasteiger partial charge is 0.0776 e. The highest BCUT2D eigenvalue weighted by molar-refractivity contribution is 9.10. The molecule has 0 aromatic carbocycles.